The van der Waals surface area contributed by atoms with E-state index in [1.807, 2.05) is 0 Å². The van der Waals surface area contributed by atoms with E-state index in [1.54, 1.807) is 0 Å². The molecule has 0 saturated carbocycles. The molecule has 0 atom stereocenters. The van der Waals surface area contributed by atoms with Crippen LogP contribution in [-0.2, 0) is 16.8 Å². The van der Waals surface area contributed by atoms with Crippen LogP contribution in [0.15, 0.2) is 23.9 Å². The van der Waals surface area contributed by atoms with Crippen molar-refractivity contribution in [3.63, 3.8) is 0 Å². The summed E-state index contributed by atoms with van der Waals surface area (Å²) in [6.07, 6.45) is 1.50. The summed E-state index contributed by atoms with van der Waals surface area (Å²) in [5.41, 5.74) is 13.2. The van der Waals surface area contributed by atoms with E-state index in [9.17, 15) is 5.11 Å². The van der Waals surface area contributed by atoms with Gasteiger partial charge in [0.15, 0.2) is 0 Å². The molecule has 0 aromatic heterocycles. The Morgan fingerprint density at radius 2 is 2.07 bits per heavy atom. The zero-order chi connectivity index (χ0) is 9.84. The Bertz CT molecular complexity index is 340. The van der Waals surface area contributed by atoms with E-state index in [-0.39, 0.29) is 34.8 Å². The van der Waals surface area contributed by atoms with Crippen LogP contribution in [0.2, 0.25) is 0 Å². The first kappa shape index (κ1) is 12.8. The first-order valence-electron chi connectivity index (χ1n) is 3.76. The van der Waals surface area contributed by atoms with Gasteiger partial charge in [-0.15, -0.1) is 6.54 Å². The summed E-state index contributed by atoms with van der Waals surface area (Å²) < 4.78 is 0. The van der Waals surface area contributed by atoms with Gasteiger partial charge in [-0.25, -0.2) is 0 Å². The number of aromatic hydroxyl groups is 2. The Hall–Kier alpha value is -1.17. The number of rotatable bonds is 2. The Balaban J connectivity index is 0.00000169. The monoisotopic (exact) mass is 238 g/mol. The molecule has 1 aromatic carbocycles. The molecule has 0 aliphatic heterocycles. The summed E-state index contributed by atoms with van der Waals surface area (Å²) in [5.74, 6) is -0.0458. The molecule has 1 radical (unpaired) electrons. The third-order valence-corrected chi connectivity index (χ3v) is 1.56. The molecule has 0 fully saturated rings. The SMILES string of the molecule is [Co].[NH-]CC(N)=Cc1ccc(O)cc1O. The van der Waals surface area contributed by atoms with Gasteiger partial charge in [0, 0.05) is 28.4 Å². The Morgan fingerprint density at radius 1 is 1.43 bits per heavy atom. The van der Waals surface area contributed by atoms with Crippen LogP contribution in [0.3, 0.4) is 0 Å². The van der Waals surface area contributed by atoms with Crippen molar-refractivity contribution in [2.45, 2.75) is 0 Å². The summed E-state index contributed by atoms with van der Waals surface area (Å²) in [6.45, 7) is -0.0136. The molecule has 0 spiro atoms. The molecule has 0 amide bonds. The van der Waals surface area contributed by atoms with Crippen LogP contribution in [0.5, 0.6) is 11.5 Å². The summed E-state index contributed by atoms with van der Waals surface area (Å²) in [7, 11) is 0. The smallest absolute Gasteiger partial charge is 0.126 e. The average Bonchev–Trinajstić information content (AvgIpc) is 2.09. The number of hydrogen-bond acceptors (Lipinski definition) is 3. The molecule has 1 rings (SSSR count). The number of nitrogens with one attached hydrogen (secondary N) is 1. The second kappa shape index (κ2) is 5.53. The van der Waals surface area contributed by atoms with Crippen molar-refractivity contribution in [1.82, 2.24) is 0 Å². The van der Waals surface area contributed by atoms with Crippen LogP contribution in [0.1, 0.15) is 5.56 Å². The van der Waals surface area contributed by atoms with Gasteiger partial charge in [-0.1, -0.05) is 0 Å². The molecule has 14 heavy (non-hydrogen) atoms. The van der Waals surface area contributed by atoms with Crippen LogP contribution < -0.4 is 5.73 Å². The molecule has 5 heteroatoms. The van der Waals surface area contributed by atoms with Gasteiger partial charge in [-0.05, 0) is 23.9 Å². The van der Waals surface area contributed by atoms with E-state index in [2.05, 4.69) is 0 Å². The number of benzene rings is 1. The van der Waals surface area contributed by atoms with Crippen LogP contribution in [0.25, 0.3) is 11.8 Å². The van der Waals surface area contributed by atoms with E-state index < -0.39 is 0 Å². The van der Waals surface area contributed by atoms with Gasteiger partial charge >= 0.3 is 0 Å². The number of hydrogen-bond donors (Lipinski definition) is 3. The maximum Gasteiger partial charge on any atom is 0.126 e. The molecular formula is C9H11CoN2O2-. The molecule has 0 aliphatic rings. The van der Waals surface area contributed by atoms with E-state index in [1.165, 1.54) is 24.3 Å². The standard InChI is InChI=1S/C9H11N2O2.Co/c10-5-7(11)3-6-1-2-8(12)4-9(6)13;/h1-4,10,12-13H,5,11H2;/q-1;. The summed E-state index contributed by atoms with van der Waals surface area (Å²) >= 11 is 0. The molecule has 79 valence electrons. The fourth-order valence-corrected chi connectivity index (χ4v) is 0.905. The molecule has 0 aliphatic carbocycles. The van der Waals surface area contributed by atoms with E-state index in [4.69, 9.17) is 16.6 Å². The number of phenolic OH excluding ortho intramolecular Hbond substituents is 2. The van der Waals surface area contributed by atoms with Gasteiger partial charge in [-0.2, -0.15) is 0 Å². The molecule has 0 bridgehead atoms. The number of phenols is 2. The van der Waals surface area contributed by atoms with Crippen molar-refractivity contribution in [2.75, 3.05) is 6.54 Å². The fraction of sp³-hybridized carbons (Fsp3) is 0.111. The van der Waals surface area contributed by atoms with Crippen LogP contribution in [0.4, 0.5) is 0 Å². The minimum atomic E-state index is -0.0450. The first-order valence-corrected chi connectivity index (χ1v) is 3.76. The maximum absolute atomic E-state index is 9.31. The third-order valence-electron chi connectivity index (χ3n) is 1.56. The molecular weight excluding hydrogens is 227 g/mol. The minimum absolute atomic E-state index is 0. The van der Waals surface area contributed by atoms with Gasteiger partial charge in [0.1, 0.15) is 11.5 Å². The molecule has 0 unspecified atom stereocenters. The normalized spacial score (nSPS) is 10.8. The predicted molar refractivity (Wildman–Crippen MR) is 51.1 cm³/mol. The molecule has 0 saturated heterocycles. The Kier molecular flexibility index (Phi) is 5.07. The molecule has 1 aromatic rings. The van der Waals surface area contributed by atoms with Crippen LogP contribution in [-0.4, -0.2) is 16.8 Å². The van der Waals surface area contributed by atoms with Gasteiger partial charge in [0.05, 0.1) is 0 Å². The zero-order valence-electron chi connectivity index (χ0n) is 7.32. The molecule has 5 N–H and O–H groups in total. The fourth-order valence-electron chi connectivity index (χ4n) is 0.905. The second-order valence-corrected chi connectivity index (χ2v) is 2.64. The maximum atomic E-state index is 9.31. The zero-order valence-corrected chi connectivity index (χ0v) is 8.36. The van der Waals surface area contributed by atoms with Crippen molar-refractivity contribution in [3.8, 4) is 11.5 Å². The largest absolute Gasteiger partial charge is 0.672 e. The number of nitrogens with two attached hydrogens (primary N) is 1. The van der Waals surface area contributed by atoms with Gasteiger partial charge in [0.2, 0.25) is 0 Å². The summed E-state index contributed by atoms with van der Waals surface area (Å²) in [5, 5.41) is 18.3. The minimum Gasteiger partial charge on any atom is -0.672 e. The Morgan fingerprint density at radius 3 is 2.57 bits per heavy atom. The third kappa shape index (κ3) is 3.29. The second-order valence-electron chi connectivity index (χ2n) is 2.64. The van der Waals surface area contributed by atoms with Crippen LogP contribution in [0, 0.1) is 0 Å². The van der Waals surface area contributed by atoms with Gasteiger partial charge < -0.3 is 21.7 Å². The van der Waals surface area contributed by atoms with Gasteiger partial charge in [-0.3, -0.25) is 0 Å². The quantitative estimate of drug-likeness (QED) is 0.728. The van der Waals surface area contributed by atoms with Crippen molar-refractivity contribution < 1.29 is 27.0 Å². The van der Waals surface area contributed by atoms with Gasteiger partial charge in [0.25, 0.3) is 0 Å². The van der Waals surface area contributed by atoms with Crippen molar-refractivity contribution >= 4 is 6.08 Å². The van der Waals surface area contributed by atoms with Crippen LogP contribution >= 0.6 is 0 Å². The van der Waals surface area contributed by atoms with E-state index in [0.29, 0.717) is 11.3 Å². The average molecular weight is 238 g/mol. The summed E-state index contributed by atoms with van der Waals surface area (Å²) in [4.78, 5) is 0. The topological polar surface area (TPSA) is 90.3 Å². The van der Waals surface area contributed by atoms with Crippen molar-refractivity contribution in [2.24, 2.45) is 5.73 Å². The predicted octanol–water partition coefficient (Wildman–Crippen LogP) is 1.45. The van der Waals surface area contributed by atoms with Crippen molar-refractivity contribution in [1.29, 1.82) is 0 Å². The first-order chi connectivity index (χ1) is 6.13. The molecule has 0 heterocycles. The van der Waals surface area contributed by atoms with Crippen molar-refractivity contribution in [3.05, 3.63) is 35.2 Å². The summed E-state index contributed by atoms with van der Waals surface area (Å²) in [6, 6.07) is 4.21. The van der Waals surface area contributed by atoms with E-state index >= 15 is 0 Å². The Labute approximate surface area is 92.4 Å². The molecule has 4 nitrogen and oxygen atoms in total. The van der Waals surface area contributed by atoms with E-state index in [0.717, 1.165) is 0 Å².